The molecule has 0 spiro atoms. The first-order chi connectivity index (χ1) is 13.9. The third kappa shape index (κ3) is 5.30. The molecule has 0 aliphatic carbocycles. The van der Waals surface area contributed by atoms with Gasteiger partial charge in [0.2, 0.25) is 0 Å². The van der Waals surface area contributed by atoms with Crippen LogP contribution in [0.5, 0.6) is 5.75 Å². The lowest BCUT2D eigenvalue weighted by Gasteiger charge is -2.33. The van der Waals surface area contributed by atoms with Crippen LogP contribution in [0.2, 0.25) is 0 Å². The van der Waals surface area contributed by atoms with Crippen molar-refractivity contribution < 1.29 is 14.3 Å². The van der Waals surface area contributed by atoms with E-state index >= 15 is 0 Å². The van der Waals surface area contributed by atoms with Crippen LogP contribution in [0.25, 0.3) is 0 Å². The van der Waals surface area contributed by atoms with Crippen molar-refractivity contribution in [3.05, 3.63) is 47.0 Å². The van der Waals surface area contributed by atoms with Crippen molar-refractivity contribution >= 4 is 17.7 Å². The molecule has 0 radical (unpaired) electrons. The second-order valence-electron chi connectivity index (χ2n) is 7.38. The Hall–Kier alpha value is -2.52. The van der Waals surface area contributed by atoms with Crippen LogP contribution in [0, 0.1) is 11.8 Å². The summed E-state index contributed by atoms with van der Waals surface area (Å²) in [5.74, 6) is 8.47. The number of fused-ring (bicyclic) bond motifs is 1. The van der Waals surface area contributed by atoms with E-state index in [0.717, 1.165) is 35.0 Å². The van der Waals surface area contributed by atoms with Crippen LogP contribution in [0.3, 0.4) is 0 Å². The van der Waals surface area contributed by atoms with Gasteiger partial charge in [-0.25, -0.2) is 9.97 Å². The molecule has 1 aromatic heterocycles. The normalized spacial score (nSPS) is 14.2. The number of thioether (sulfide) groups is 1. The highest BCUT2D eigenvalue weighted by Crippen LogP contribution is 2.41. The zero-order valence-corrected chi connectivity index (χ0v) is 18.2. The van der Waals surface area contributed by atoms with Gasteiger partial charge in [0, 0.05) is 28.4 Å². The van der Waals surface area contributed by atoms with Gasteiger partial charge < -0.3 is 9.47 Å². The zero-order chi connectivity index (χ0) is 20.9. The maximum absolute atomic E-state index is 11.5. The highest BCUT2D eigenvalue weighted by atomic mass is 32.2. The van der Waals surface area contributed by atoms with Gasteiger partial charge in [0.05, 0.1) is 18.8 Å². The first-order valence-electron chi connectivity index (χ1n) is 9.85. The number of ether oxygens (including phenoxy) is 2. The van der Waals surface area contributed by atoms with Crippen LogP contribution >= 0.6 is 11.8 Å². The Kier molecular flexibility index (Phi) is 6.81. The molecular formula is C23H26N2O3S. The van der Waals surface area contributed by atoms with Crippen molar-refractivity contribution in [3.8, 4) is 17.6 Å². The number of carbonyl (C=O) groups excluding carboxylic acids is 1. The maximum atomic E-state index is 11.5. The van der Waals surface area contributed by atoms with E-state index in [1.165, 1.54) is 5.56 Å². The lowest BCUT2D eigenvalue weighted by Crippen LogP contribution is -2.26. The molecule has 2 aromatic rings. The second-order valence-corrected chi connectivity index (χ2v) is 8.69. The molecule has 1 aliphatic rings. The Balaban J connectivity index is 1.86. The summed E-state index contributed by atoms with van der Waals surface area (Å²) in [6.45, 7) is 9.49. The molecule has 0 atom stereocenters. The molecule has 1 aromatic carbocycles. The number of hydrogen-bond donors (Lipinski definition) is 0. The van der Waals surface area contributed by atoms with Gasteiger partial charge in [-0.2, -0.15) is 0 Å². The highest BCUT2D eigenvalue weighted by molar-refractivity contribution is 7.99. The van der Waals surface area contributed by atoms with Crippen molar-refractivity contribution in [1.29, 1.82) is 0 Å². The lowest BCUT2D eigenvalue weighted by atomic mass is 9.79. The fourth-order valence-corrected chi connectivity index (χ4v) is 3.89. The van der Waals surface area contributed by atoms with Crippen molar-refractivity contribution in [1.82, 2.24) is 9.97 Å². The van der Waals surface area contributed by atoms with Crippen LogP contribution in [0.1, 0.15) is 56.6 Å². The van der Waals surface area contributed by atoms with E-state index in [1.54, 1.807) is 31.1 Å². The quantitative estimate of drug-likeness (QED) is 0.419. The van der Waals surface area contributed by atoms with E-state index < -0.39 is 0 Å². The zero-order valence-electron chi connectivity index (χ0n) is 17.4. The average Bonchev–Trinajstić information content (AvgIpc) is 2.68. The number of nitrogens with zero attached hydrogens (tertiary/aromatic N) is 2. The van der Waals surface area contributed by atoms with Gasteiger partial charge in [0.15, 0.2) is 0 Å². The minimum atomic E-state index is -0.327. The Morgan fingerprint density at radius 2 is 2.00 bits per heavy atom. The van der Waals surface area contributed by atoms with E-state index in [-0.39, 0.29) is 17.8 Å². The molecule has 29 heavy (non-hydrogen) atoms. The van der Waals surface area contributed by atoms with Crippen LogP contribution in [0.15, 0.2) is 29.4 Å². The van der Waals surface area contributed by atoms with E-state index in [2.05, 4.69) is 54.7 Å². The van der Waals surface area contributed by atoms with Crippen molar-refractivity contribution in [2.45, 2.75) is 50.8 Å². The fourth-order valence-electron chi connectivity index (χ4n) is 3.12. The molecule has 2 heterocycles. The molecule has 0 amide bonds. The standard InChI is InChI=1S/C23H26N2O3S/c1-5-27-22(26)13-21-24-14-16(15-25-21)7-8-17-11-18-19(12-20(17)29-6-2)28-10-9-23(18,3)4/h11-12,14-15H,5-6,9-10,13H2,1-4H3. The number of esters is 1. The summed E-state index contributed by atoms with van der Waals surface area (Å²) in [5.41, 5.74) is 2.97. The summed E-state index contributed by atoms with van der Waals surface area (Å²) in [7, 11) is 0. The third-order valence-corrected chi connectivity index (χ3v) is 5.69. The molecule has 0 unspecified atom stereocenters. The lowest BCUT2D eigenvalue weighted by molar-refractivity contribution is -0.142. The number of rotatable bonds is 5. The SMILES string of the molecule is CCOC(=O)Cc1ncc(C#Cc2cc3c(cc2SCC)OCCC3(C)C)cn1. The van der Waals surface area contributed by atoms with Gasteiger partial charge in [-0.15, -0.1) is 11.8 Å². The first-order valence-corrected chi connectivity index (χ1v) is 10.8. The Morgan fingerprint density at radius 1 is 1.24 bits per heavy atom. The molecular weight excluding hydrogens is 384 g/mol. The van der Waals surface area contributed by atoms with Crippen molar-refractivity contribution in [3.63, 3.8) is 0 Å². The summed E-state index contributed by atoms with van der Waals surface area (Å²) < 4.78 is 10.8. The van der Waals surface area contributed by atoms with Crippen LogP contribution in [0.4, 0.5) is 0 Å². The summed E-state index contributed by atoms with van der Waals surface area (Å²) >= 11 is 1.76. The maximum Gasteiger partial charge on any atom is 0.313 e. The monoisotopic (exact) mass is 410 g/mol. The summed E-state index contributed by atoms with van der Waals surface area (Å²) in [6, 6.07) is 4.28. The van der Waals surface area contributed by atoms with Gasteiger partial charge in [-0.1, -0.05) is 32.6 Å². The number of hydrogen-bond acceptors (Lipinski definition) is 6. The van der Waals surface area contributed by atoms with Gasteiger partial charge >= 0.3 is 5.97 Å². The molecule has 0 N–H and O–H groups in total. The van der Waals surface area contributed by atoms with Crippen LogP contribution in [-0.4, -0.2) is 34.9 Å². The van der Waals surface area contributed by atoms with Crippen LogP contribution < -0.4 is 4.74 Å². The second kappa shape index (κ2) is 9.32. The van der Waals surface area contributed by atoms with E-state index in [9.17, 15) is 4.79 Å². The van der Waals surface area contributed by atoms with Gasteiger partial charge in [0.25, 0.3) is 0 Å². The predicted molar refractivity (Wildman–Crippen MR) is 114 cm³/mol. The molecule has 1 aliphatic heterocycles. The Morgan fingerprint density at radius 3 is 2.69 bits per heavy atom. The van der Waals surface area contributed by atoms with E-state index in [1.807, 2.05) is 0 Å². The van der Waals surface area contributed by atoms with Gasteiger partial charge in [-0.3, -0.25) is 4.79 Å². The third-order valence-electron chi connectivity index (χ3n) is 4.75. The summed E-state index contributed by atoms with van der Waals surface area (Å²) in [4.78, 5) is 21.1. The molecule has 6 heteroatoms. The smallest absolute Gasteiger partial charge is 0.313 e. The fraction of sp³-hybridized carbons (Fsp3) is 0.435. The van der Waals surface area contributed by atoms with E-state index in [4.69, 9.17) is 9.47 Å². The number of aromatic nitrogens is 2. The summed E-state index contributed by atoms with van der Waals surface area (Å²) in [5, 5.41) is 0. The Labute approximate surface area is 176 Å². The average molecular weight is 411 g/mol. The number of benzene rings is 1. The first kappa shape index (κ1) is 21.2. The molecule has 0 bridgehead atoms. The summed E-state index contributed by atoms with van der Waals surface area (Å²) in [6.07, 6.45) is 4.35. The minimum absolute atomic E-state index is 0.0667. The molecule has 152 valence electrons. The van der Waals surface area contributed by atoms with Gasteiger partial charge in [-0.05, 0) is 36.6 Å². The molecule has 0 saturated heterocycles. The predicted octanol–water partition coefficient (Wildman–Crippen LogP) is 4.15. The molecule has 0 fully saturated rings. The highest BCUT2D eigenvalue weighted by Gasteiger charge is 2.29. The molecule has 0 saturated carbocycles. The van der Waals surface area contributed by atoms with Crippen molar-refractivity contribution in [2.24, 2.45) is 0 Å². The number of carbonyl (C=O) groups is 1. The Bertz CT molecular complexity index is 943. The van der Waals surface area contributed by atoms with Crippen LogP contribution in [-0.2, 0) is 21.4 Å². The van der Waals surface area contributed by atoms with Gasteiger partial charge in [0.1, 0.15) is 18.0 Å². The van der Waals surface area contributed by atoms with E-state index in [0.29, 0.717) is 18.0 Å². The molecule has 3 rings (SSSR count). The minimum Gasteiger partial charge on any atom is -0.493 e. The van der Waals surface area contributed by atoms with Crippen molar-refractivity contribution in [2.75, 3.05) is 19.0 Å². The molecule has 5 nitrogen and oxygen atoms in total. The largest absolute Gasteiger partial charge is 0.493 e. The topological polar surface area (TPSA) is 61.3 Å².